The lowest BCUT2D eigenvalue weighted by molar-refractivity contribution is -0.123. The van der Waals surface area contributed by atoms with E-state index in [0.717, 1.165) is 0 Å². The van der Waals surface area contributed by atoms with Gasteiger partial charge in [-0.05, 0) is 31.3 Å². The average molecular weight is 416 g/mol. The zero-order chi connectivity index (χ0) is 20.5. The van der Waals surface area contributed by atoms with Crippen molar-refractivity contribution in [2.45, 2.75) is 19.9 Å². The van der Waals surface area contributed by atoms with Gasteiger partial charge >= 0.3 is 0 Å². The molecule has 152 valence electrons. The van der Waals surface area contributed by atoms with Crippen molar-refractivity contribution >= 4 is 27.7 Å². The maximum atomic E-state index is 11.9. The highest BCUT2D eigenvalue weighted by Gasteiger charge is 2.16. The van der Waals surface area contributed by atoms with Gasteiger partial charge in [-0.3, -0.25) is 4.79 Å². The van der Waals surface area contributed by atoms with Crippen LogP contribution in [0.3, 0.4) is 0 Å². The molecule has 0 unspecified atom stereocenters. The van der Waals surface area contributed by atoms with Gasteiger partial charge in [0, 0.05) is 12.1 Å². The first-order valence-corrected chi connectivity index (χ1v) is 9.68. The van der Waals surface area contributed by atoms with Gasteiger partial charge in [0.15, 0.2) is 6.61 Å². The molecule has 0 fully saturated rings. The summed E-state index contributed by atoms with van der Waals surface area (Å²) in [7, 11) is 3.13. The number of nitrogens with one attached hydrogen (secondary N) is 1. The summed E-state index contributed by atoms with van der Waals surface area (Å²) in [4.78, 5) is 17.2. The predicted molar refractivity (Wildman–Crippen MR) is 107 cm³/mol. The van der Waals surface area contributed by atoms with Gasteiger partial charge in [0.1, 0.15) is 28.4 Å². The Morgan fingerprint density at radius 3 is 2.66 bits per heavy atom. The molecule has 1 amide bonds. The molecule has 10 nitrogen and oxygen atoms in total. The van der Waals surface area contributed by atoms with E-state index in [-0.39, 0.29) is 18.6 Å². The Kier molecular flexibility index (Phi) is 4.97. The van der Waals surface area contributed by atoms with Crippen molar-refractivity contribution in [1.29, 1.82) is 0 Å². The lowest BCUT2D eigenvalue weighted by atomic mass is 10.3. The summed E-state index contributed by atoms with van der Waals surface area (Å²) in [6, 6.07) is 3.61. The first kappa shape index (κ1) is 19.0. The van der Waals surface area contributed by atoms with Crippen molar-refractivity contribution in [2.24, 2.45) is 0 Å². The summed E-state index contributed by atoms with van der Waals surface area (Å²) in [5, 5.41) is 12.2. The number of methoxy groups -OCH3 is 2. The molecule has 0 atom stereocenters. The fourth-order valence-electron chi connectivity index (χ4n) is 2.78. The summed E-state index contributed by atoms with van der Waals surface area (Å²) in [6.45, 7) is 3.68. The van der Waals surface area contributed by atoms with Gasteiger partial charge in [0.25, 0.3) is 11.1 Å². The SMILES string of the molecule is COc1cc(OCC(=O)NC(C)C)c2cc(-c3cn4nc(OC)sc4n3)nn2c1. The highest BCUT2D eigenvalue weighted by atomic mass is 32.1. The molecule has 0 bridgehead atoms. The molecule has 4 aromatic rings. The summed E-state index contributed by atoms with van der Waals surface area (Å²) < 4.78 is 19.5. The van der Waals surface area contributed by atoms with E-state index in [1.54, 1.807) is 41.7 Å². The van der Waals surface area contributed by atoms with Crippen molar-refractivity contribution in [3.63, 3.8) is 0 Å². The minimum Gasteiger partial charge on any atom is -0.495 e. The Bertz CT molecular complexity index is 1150. The molecule has 0 aliphatic heterocycles. The van der Waals surface area contributed by atoms with E-state index in [1.165, 1.54) is 11.3 Å². The van der Waals surface area contributed by atoms with Gasteiger partial charge < -0.3 is 19.5 Å². The molecular formula is C18H20N6O4S. The van der Waals surface area contributed by atoms with Crippen LogP contribution in [-0.4, -0.2) is 57.0 Å². The number of hydrogen-bond donors (Lipinski definition) is 1. The van der Waals surface area contributed by atoms with Gasteiger partial charge in [-0.2, -0.15) is 5.10 Å². The zero-order valence-electron chi connectivity index (χ0n) is 16.4. The number of carbonyl (C=O) groups excluding carboxylic acids is 1. The molecule has 1 N–H and O–H groups in total. The van der Waals surface area contributed by atoms with Crippen molar-refractivity contribution < 1.29 is 19.0 Å². The van der Waals surface area contributed by atoms with Crippen LogP contribution in [0.15, 0.2) is 24.5 Å². The van der Waals surface area contributed by atoms with Gasteiger partial charge in [0.2, 0.25) is 4.96 Å². The summed E-state index contributed by atoms with van der Waals surface area (Å²) in [5.74, 6) is 0.849. The number of pyridine rings is 1. The first-order chi connectivity index (χ1) is 14.0. The molecule has 4 rings (SSSR count). The minimum atomic E-state index is -0.199. The molecule has 11 heteroatoms. The second kappa shape index (κ2) is 7.59. The van der Waals surface area contributed by atoms with Gasteiger partial charge in [-0.15, -0.1) is 5.10 Å². The fraction of sp³-hybridized carbons (Fsp3) is 0.333. The second-order valence-corrected chi connectivity index (χ2v) is 7.46. The Balaban J connectivity index is 1.67. The third-order valence-electron chi connectivity index (χ3n) is 4.02. The van der Waals surface area contributed by atoms with Gasteiger partial charge in [0.05, 0.1) is 26.6 Å². The molecule has 0 aromatic carbocycles. The average Bonchev–Trinajstić information content (AvgIpc) is 3.37. The number of fused-ring (bicyclic) bond motifs is 2. The lowest BCUT2D eigenvalue weighted by Crippen LogP contribution is -2.34. The summed E-state index contributed by atoms with van der Waals surface area (Å²) in [5.41, 5.74) is 2.00. The third-order valence-corrected chi connectivity index (χ3v) is 4.90. The molecule has 29 heavy (non-hydrogen) atoms. The number of aromatic nitrogens is 5. The molecule has 0 saturated heterocycles. The number of imidazole rings is 1. The van der Waals surface area contributed by atoms with Crippen LogP contribution in [0, 0.1) is 0 Å². The Morgan fingerprint density at radius 1 is 1.14 bits per heavy atom. The second-order valence-electron chi connectivity index (χ2n) is 6.54. The maximum absolute atomic E-state index is 11.9. The number of nitrogens with zero attached hydrogens (tertiary/aromatic N) is 5. The van der Waals surface area contributed by atoms with Crippen LogP contribution in [0.5, 0.6) is 16.7 Å². The van der Waals surface area contributed by atoms with E-state index in [0.29, 0.717) is 38.6 Å². The Hall–Kier alpha value is -3.34. The predicted octanol–water partition coefficient (Wildman–Crippen LogP) is 2.03. The molecule has 0 saturated carbocycles. The molecular weight excluding hydrogens is 396 g/mol. The number of rotatable bonds is 7. The monoisotopic (exact) mass is 416 g/mol. The smallest absolute Gasteiger partial charge is 0.294 e. The highest BCUT2D eigenvalue weighted by molar-refractivity contribution is 7.18. The quantitative estimate of drug-likeness (QED) is 0.491. The van der Waals surface area contributed by atoms with Crippen molar-refractivity contribution in [2.75, 3.05) is 20.8 Å². The Morgan fingerprint density at radius 2 is 1.97 bits per heavy atom. The van der Waals surface area contributed by atoms with Gasteiger partial charge in [-0.1, -0.05) is 0 Å². The van der Waals surface area contributed by atoms with Crippen molar-refractivity contribution in [3.8, 4) is 28.1 Å². The van der Waals surface area contributed by atoms with E-state index in [2.05, 4.69) is 20.5 Å². The lowest BCUT2D eigenvalue weighted by Gasteiger charge is -2.11. The first-order valence-electron chi connectivity index (χ1n) is 8.87. The van der Waals surface area contributed by atoms with Crippen LogP contribution >= 0.6 is 11.3 Å². The summed E-state index contributed by atoms with van der Waals surface area (Å²) in [6.07, 6.45) is 3.52. The van der Waals surface area contributed by atoms with Crippen molar-refractivity contribution in [1.82, 2.24) is 29.5 Å². The fourth-order valence-corrected chi connectivity index (χ4v) is 3.48. The van der Waals surface area contributed by atoms with Crippen molar-refractivity contribution in [3.05, 3.63) is 24.5 Å². The molecule has 4 aromatic heterocycles. The topological polar surface area (TPSA) is 104 Å². The van der Waals surface area contributed by atoms with Crippen LogP contribution in [-0.2, 0) is 4.79 Å². The standard InChI is InChI=1S/C18H20N6O4S/c1-10(2)19-16(25)9-28-15-5-11(26-3)7-23-14(15)6-12(21-23)13-8-24-17(20-13)29-18(22-24)27-4/h5-8,10H,9H2,1-4H3,(H,19,25). The number of ether oxygens (including phenoxy) is 3. The molecule has 0 radical (unpaired) electrons. The van der Waals surface area contributed by atoms with E-state index in [1.807, 2.05) is 19.9 Å². The van der Waals surface area contributed by atoms with Crippen LogP contribution in [0.25, 0.3) is 21.9 Å². The minimum absolute atomic E-state index is 0.0417. The third kappa shape index (κ3) is 3.81. The van der Waals surface area contributed by atoms with Crippen LogP contribution in [0.2, 0.25) is 0 Å². The number of hydrogen-bond acceptors (Lipinski definition) is 8. The molecule has 0 spiro atoms. The maximum Gasteiger partial charge on any atom is 0.294 e. The van der Waals surface area contributed by atoms with Crippen LogP contribution in [0.1, 0.15) is 13.8 Å². The van der Waals surface area contributed by atoms with Gasteiger partial charge in [-0.25, -0.2) is 14.0 Å². The zero-order valence-corrected chi connectivity index (χ0v) is 17.2. The van der Waals surface area contributed by atoms with E-state index >= 15 is 0 Å². The Labute approximate surface area is 170 Å². The number of carbonyl (C=O) groups is 1. The highest BCUT2D eigenvalue weighted by Crippen LogP contribution is 2.30. The normalized spacial score (nSPS) is 11.3. The van der Waals surface area contributed by atoms with E-state index < -0.39 is 0 Å². The summed E-state index contributed by atoms with van der Waals surface area (Å²) >= 11 is 1.34. The van der Waals surface area contributed by atoms with E-state index in [9.17, 15) is 4.79 Å². The van der Waals surface area contributed by atoms with E-state index in [4.69, 9.17) is 14.2 Å². The van der Waals surface area contributed by atoms with Crippen LogP contribution < -0.4 is 19.5 Å². The molecule has 0 aliphatic carbocycles. The van der Waals surface area contributed by atoms with Crippen LogP contribution in [0.4, 0.5) is 0 Å². The molecule has 0 aliphatic rings. The molecule has 4 heterocycles. The largest absolute Gasteiger partial charge is 0.495 e. The number of amides is 1.